The van der Waals surface area contributed by atoms with Crippen LogP contribution in [0, 0.1) is 12.3 Å². The van der Waals surface area contributed by atoms with E-state index in [-0.39, 0.29) is 5.78 Å². The molecule has 20 heavy (non-hydrogen) atoms. The van der Waals surface area contributed by atoms with Crippen LogP contribution in [0.5, 0.6) is 0 Å². The molecule has 0 atom stereocenters. The van der Waals surface area contributed by atoms with Gasteiger partial charge in [-0.15, -0.1) is 0 Å². The first-order valence-corrected chi connectivity index (χ1v) is 7.68. The Bertz CT molecular complexity index is 468. The second-order valence-electron chi connectivity index (χ2n) is 7.05. The van der Waals surface area contributed by atoms with Gasteiger partial charge < -0.3 is 0 Å². The summed E-state index contributed by atoms with van der Waals surface area (Å²) in [5.41, 5.74) is 2.43. The lowest BCUT2D eigenvalue weighted by Gasteiger charge is -2.38. The molecule has 0 spiro atoms. The Morgan fingerprint density at radius 1 is 1.25 bits per heavy atom. The van der Waals surface area contributed by atoms with E-state index in [1.165, 1.54) is 25.7 Å². The molecule has 0 aliphatic heterocycles. The summed E-state index contributed by atoms with van der Waals surface area (Å²) in [5.74, 6) is 0.246. The van der Waals surface area contributed by atoms with E-state index >= 15 is 0 Å². The van der Waals surface area contributed by atoms with Crippen molar-refractivity contribution < 1.29 is 4.79 Å². The van der Waals surface area contributed by atoms with Crippen LogP contribution in [0.4, 0.5) is 0 Å². The molecule has 0 N–H and O–H groups in total. The molecule has 0 radical (unpaired) electrons. The van der Waals surface area contributed by atoms with E-state index in [4.69, 9.17) is 0 Å². The Balaban J connectivity index is 1.93. The number of carbonyl (C=O) groups excluding carboxylic acids is 1. The van der Waals surface area contributed by atoms with Gasteiger partial charge in [-0.2, -0.15) is 0 Å². The van der Waals surface area contributed by atoms with Crippen molar-refractivity contribution in [3.05, 3.63) is 35.4 Å². The lowest BCUT2D eigenvalue weighted by molar-refractivity contribution is 0.0851. The first kappa shape index (κ1) is 15.2. The largest absolute Gasteiger partial charge is 0.296 e. The molecule has 1 aromatic rings. The molecule has 1 aliphatic rings. The van der Waals surface area contributed by atoms with Gasteiger partial charge in [-0.3, -0.25) is 9.69 Å². The summed E-state index contributed by atoms with van der Waals surface area (Å²) < 4.78 is 0. The molecule has 0 heterocycles. The average molecular weight is 273 g/mol. The Hall–Kier alpha value is -1.15. The Morgan fingerprint density at radius 3 is 2.45 bits per heavy atom. The number of likely N-dealkylation sites (N-methyl/N-ethyl adjacent to an activating group) is 1. The van der Waals surface area contributed by atoms with Gasteiger partial charge in [-0.05, 0) is 50.6 Å². The van der Waals surface area contributed by atoms with Gasteiger partial charge in [0.1, 0.15) is 0 Å². The summed E-state index contributed by atoms with van der Waals surface area (Å²) in [7, 11) is 2.10. The highest BCUT2D eigenvalue weighted by molar-refractivity contribution is 5.98. The number of aryl methyl sites for hydroxylation is 1. The highest BCUT2D eigenvalue weighted by atomic mass is 16.1. The van der Waals surface area contributed by atoms with Crippen LogP contribution >= 0.6 is 0 Å². The molecule has 2 nitrogen and oxygen atoms in total. The molecule has 1 saturated carbocycles. The van der Waals surface area contributed by atoms with Crippen molar-refractivity contribution in [3.63, 3.8) is 0 Å². The number of carbonyl (C=O) groups is 1. The fourth-order valence-electron chi connectivity index (χ4n) is 3.15. The van der Waals surface area contributed by atoms with Crippen molar-refractivity contribution in [2.24, 2.45) is 5.41 Å². The van der Waals surface area contributed by atoms with Crippen molar-refractivity contribution in [2.75, 3.05) is 13.6 Å². The van der Waals surface area contributed by atoms with E-state index in [9.17, 15) is 4.79 Å². The van der Waals surface area contributed by atoms with Crippen molar-refractivity contribution in [1.29, 1.82) is 0 Å². The maximum absolute atomic E-state index is 12.4. The van der Waals surface area contributed by atoms with Crippen molar-refractivity contribution in [3.8, 4) is 0 Å². The minimum Gasteiger partial charge on any atom is -0.296 e. The topological polar surface area (TPSA) is 20.3 Å². The second kappa shape index (κ2) is 6.09. The first-order valence-electron chi connectivity index (χ1n) is 7.68. The molecule has 0 saturated heterocycles. The molecule has 0 amide bonds. The van der Waals surface area contributed by atoms with E-state index in [1.54, 1.807) is 0 Å². The summed E-state index contributed by atoms with van der Waals surface area (Å²) in [4.78, 5) is 14.7. The standard InChI is InChI=1S/C18H27NO/c1-14-7-5-6-8-16(14)17(20)13-19(4)15-9-11-18(2,3)12-10-15/h5-8,15H,9-13H2,1-4H3. The van der Waals surface area contributed by atoms with E-state index in [2.05, 4.69) is 25.8 Å². The van der Waals surface area contributed by atoms with Crippen LogP contribution in [0.25, 0.3) is 0 Å². The molecule has 2 rings (SSSR count). The Morgan fingerprint density at radius 2 is 1.85 bits per heavy atom. The summed E-state index contributed by atoms with van der Waals surface area (Å²) in [6.45, 7) is 7.25. The van der Waals surface area contributed by atoms with Gasteiger partial charge in [0.25, 0.3) is 0 Å². The summed E-state index contributed by atoms with van der Waals surface area (Å²) >= 11 is 0. The second-order valence-corrected chi connectivity index (χ2v) is 7.05. The third-order valence-corrected chi connectivity index (χ3v) is 4.77. The molecule has 1 aliphatic carbocycles. The number of benzene rings is 1. The molecular formula is C18H27NO. The van der Waals surface area contributed by atoms with Crippen LogP contribution < -0.4 is 0 Å². The third kappa shape index (κ3) is 3.69. The maximum Gasteiger partial charge on any atom is 0.177 e. The van der Waals surface area contributed by atoms with Crippen LogP contribution in [0.3, 0.4) is 0 Å². The average Bonchev–Trinajstić information content (AvgIpc) is 2.38. The van der Waals surface area contributed by atoms with Crippen LogP contribution in [0.15, 0.2) is 24.3 Å². The summed E-state index contributed by atoms with van der Waals surface area (Å²) in [6, 6.07) is 8.45. The molecule has 110 valence electrons. The zero-order valence-corrected chi connectivity index (χ0v) is 13.3. The van der Waals surface area contributed by atoms with Gasteiger partial charge >= 0.3 is 0 Å². The fraction of sp³-hybridized carbons (Fsp3) is 0.611. The van der Waals surface area contributed by atoms with Gasteiger partial charge in [0, 0.05) is 11.6 Å². The molecule has 1 fully saturated rings. The molecule has 0 bridgehead atoms. The SMILES string of the molecule is Cc1ccccc1C(=O)CN(C)C1CCC(C)(C)CC1. The zero-order chi connectivity index (χ0) is 14.8. The summed E-state index contributed by atoms with van der Waals surface area (Å²) in [6.07, 6.45) is 4.95. The molecule has 0 aromatic heterocycles. The third-order valence-electron chi connectivity index (χ3n) is 4.77. The summed E-state index contributed by atoms with van der Waals surface area (Å²) in [5, 5.41) is 0. The Labute approximate surface area is 123 Å². The van der Waals surface area contributed by atoms with Crippen LogP contribution in [-0.4, -0.2) is 30.3 Å². The Kier molecular flexibility index (Phi) is 4.64. The minimum atomic E-state index is 0.246. The number of hydrogen-bond acceptors (Lipinski definition) is 2. The van der Waals surface area contributed by atoms with E-state index < -0.39 is 0 Å². The zero-order valence-electron chi connectivity index (χ0n) is 13.3. The number of ketones is 1. The number of Topliss-reactive ketones (excluding diaryl/α,β-unsaturated/α-hetero) is 1. The maximum atomic E-state index is 12.4. The van der Waals surface area contributed by atoms with Gasteiger partial charge in [-0.25, -0.2) is 0 Å². The fourth-order valence-corrected chi connectivity index (χ4v) is 3.15. The van der Waals surface area contributed by atoms with Gasteiger partial charge in [0.15, 0.2) is 5.78 Å². The number of hydrogen-bond donors (Lipinski definition) is 0. The van der Waals surface area contributed by atoms with Crippen LogP contribution in [0.1, 0.15) is 55.5 Å². The molecule has 2 heteroatoms. The van der Waals surface area contributed by atoms with E-state index in [0.29, 0.717) is 18.0 Å². The van der Waals surface area contributed by atoms with Crippen molar-refractivity contribution >= 4 is 5.78 Å². The predicted molar refractivity (Wildman–Crippen MR) is 84.2 cm³/mol. The quantitative estimate of drug-likeness (QED) is 0.770. The highest BCUT2D eigenvalue weighted by Crippen LogP contribution is 2.36. The smallest absolute Gasteiger partial charge is 0.177 e. The van der Waals surface area contributed by atoms with Gasteiger partial charge in [0.05, 0.1) is 6.54 Å². The molecule has 0 unspecified atom stereocenters. The van der Waals surface area contributed by atoms with Crippen LogP contribution in [0.2, 0.25) is 0 Å². The monoisotopic (exact) mass is 273 g/mol. The highest BCUT2D eigenvalue weighted by Gasteiger charge is 2.29. The molecular weight excluding hydrogens is 246 g/mol. The first-order chi connectivity index (χ1) is 9.39. The number of nitrogens with zero attached hydrogens (tertiary/aromatic N) is 1. The number of rotatable bonds is 4. The van der Waals surface area contributed by atoms with E-state index in [1.807, 2.05) is 31.2 Å². The van der Waals surface area contributed by atoms with Crippen LogP contribution in [-0.2, 0) is 0 Å². The van der Waals surface area contributed by atoms with Gasteiger partial charge in [-0.1, -0.05) is 38.1 Å². The molecule has 1 aromatic carbocycles. The van der Waals surface area contributed by atoms with E-state index in [0.717, 1.165) is 11.1 Å². The lowest BCUT2D eigenvalue weighted by atomic mass is 9.75. The minimum absolute atomic E-state index is 0.246. The predicted octanol–water partition coefficient (Wildman–Crippen LogP) is 4.08. The van der Waals surface area contributed by atoms with Crippen molar-refractivity contribution in [2.45, 2.75) is 52.5 Å². The van der Waals surface area contributed by atoms with Gasteiger partial charge in [0.2, 0.25) is 0 Å². The lowest BCUT2D eigenvalue weighted by Crippen LogP contribution is -2.40. The van der Waals surface area contributed by atoms with Crippen molar-refractivity contribution in [1.82, 2.24) is 4.90 Å². The normalized spacial score (nSPS) is 19.2.